The molecule has 2 aliphatic rings. The first-order valence-electron chi connectivity index (χ1n) is 19.6. The minimum Gasteiger partial charge on any atom is -0.453 e. The van der Waals surface area contributed by atoms with Gasteiger partial charge in [0.05, 0.1) is 42.2 Å². The average Bonchev–Trinajstić information content (AvgIpc) is 4.02. The molecule has 2 fully saturated rings. The molecule has 0 aliphatic carbocycles. The van der Waals surface area contributed by atoms with Crippen LogP contribution in [0.2, 0.25) is 0 Å². The summed E-state index contributed by atoms with van der Waals surface area (Å²) < 4.78 is 11.9. The topological polar surface area (TPSA) is 175 Å². The number of imidazole rings is 2. The maximum atomic E-state index is 13.8. The number of nitrogens with one attached hydrogen (secondary N) is 4. The summed E-state index contributed by atoms with van der Waals surface area (Å²) in [6.45, 7) is 15.1. The van der Waals surface area contributed by atoms with Gasteiger partial charge in [0.25, 0.3) is 0 Å². The number of likely N-dealkylation sites (tertiary alicyclic amines) is 2. The molecule has 6 heterocycles. The van der Waals surface area contributed by atoms with Crippen molar-refractivity contribution in [2.45, 2.75) is 85.5 Å². The van der Waals surface area contributed by atoms with E-state index in [2.05, 4.69) is 58.7 Å². The molecule has 2 aliphatic heterocycles. The highest BCUT2D eigenvalue weighted by atomic mass is 32.1. The summed E-state index contributed by atoms with van der Waals surface area (Å²) in [4.78, 5) is 74.7. The van der Waals surface area contributed by atoms with Crippen molar-refractivity contribution in [1.29, 1.82) is 0 Å². The summed E-state index contributed by atoms with van der Waals surface area (Å²) in [5.41, 5.74) is 4.61. The summed E-state index contributed by atoms with van der Waals surface area (Å²) in [6, 6.07) is 8.76. The van der Waals surface area contributed by atoms with Crippen LogP contribution in [0.25, 0.3) is 41.4 Å². The minimum atomic E-state index is -0.702. The number of hydrogen-bond donors (Lipinski definition) is 4. The quantitative estimate of drug-likeness (QED) is 0.111. The number of ether oxygens (including phenoxy) is 2. The van der Waals surface area contributed by atoms with Crippen LogP contribution in [0.5, 0.6) is 0 Å². The van der Waals surface area contributed by atoms with Gasteiger partial charge < -0.3 is 39.9 Å². The fraction of sp³-hybridized carbons (Fsp3) is 0.512. The van der Waals surface area contributed by atoms with Gasteiger partial charge in [0.15, 0.2) is 0 Å². The van der Waals surface area contributed by atoms with Crippen LogP contribution in [-0.2, 0) is 19.1 Å². The molecule has 0 spiro atoms. The van der Waals surface area contributed by atoms with Crippen molar-refractivity contribution in [3.05, 3.63) is 47.7 Å². The number of carbonyl (C=O) groups excluding carboxylic acids is 4. The van der Waals surface area contributed by atoms with Gasteiger partial charge in [-0.25, -0.2) is 19.6 Å². The number of fused-ring (bicyclic) bond motifs is 2. The lowest BCUT2D eigenvalue weighted by atomic mass is 10.0. The van der Waals surface area contributed by atoms with Crippen molar-refractivity contribution in [2.24, 2.45) is 23.7 Å². The van der Waals surface area contributed by atoms with E-state index in [0.717, 1.165) is 71.6 Å². The van der Waals surface area contributed by atoms with Gasteiger partial charge in [0.1, 0.15) is 29.4 Å². The third-order valence-electron chi connectivity index (χ3n) is 11.1. The second kappa shape index (κ2) is 16.1. The predicted molar refractivity (Wildman–Crippen MR) is 222 cm³/mol. The molecule has 14 nitrogen and oxygen atoms in total. The van der Waals surface area contributed by atoms with Crippen molar-refractivity contribution in [3.63, 3.8) is 0 Å². The van der Waals surface area contributed by atoms with Gasteiger partial charge in [0, 0.05) is 33.1 Å². The van der Waals surface area contributed by atoms with Gasteiger partial charge in [-0.15, -0.1) is 22.7 Å². The van der Waals surface area contributed by atoms with Crippen LogP contribution < -0.4 is 10.6 Å². The number of aromatic amines is 2. The largest absolute Gasteiger partial charge is 0.453 e. The molecule has 7 rings (SSSR count). The molecule has 16 heteroatoms. The summed E-state index contributed by atoms with van der Waals surface area (Å²) in [5, 5.41) is 5.45. The molecule has 4 amide bonds. The highest BCUT2D eigenvalue weighted by Gasteiger charge is 2.42. The van der Waals surface area contributed by atoms with Gasteiger partial charge in [-0.05, 0) is 73.3 Å². The number of alkyl carbamates (subject to hydrolysis) is 2. The molecule has 57 heavy (non-hydrogen) atoms. The van der Waals surface area contributed by atoms with Crippen LogP contribution in [0.4, 0.5) is 9.59 Å². The Hall–Kier alpha value is -4.96. The number of H-pyrrole nitrogens is 2. The van der Waals surface area contributed by atoms with E-state index in [4.69, 9.17) is 19.4 Å². The van der Waals surface area contributed by atoms with Crippen LogP contribution in [-0.4, -0.2) is 93.1 Å². The zero-order chi connectivity index (χ0) is 40.9. The lowest BCUT2D eigenvalue weighted by Crippen LogP contribution is -2.51. The monoisotopic (exact) mass is 816 g/mol. The summed E-state index contributed by atoms with van der Waals surface area (Å²) in [5.74, 6) is 1.54. The minimum absolute atomic E-state index is 0.115. The smallest absolute Gasteiger partial charge is 0.407 e. The Morgan fingerprint density at radius 1 is 0.754 bits per heavy atom. The van der Waals surface area contributed by atoms with Crippen LogP contribution in [0.15, 0.2) is 30.3 Å². The molecule has 0 bridgehead atoms. The highest BCUT2D eigenvalue weighted by Crippen LogP contribution is 2.44. The average molecular weight is 817 g/mol. The Labute approximate surface area is 340 Å². The molecule has 4 N–H and O–H groups in total. The molecule has 0 radical (unpaired) electrons. The first-order chi connectivity index (χ1) is 27.1. The van der Waals surface area contributed by atoms with E-state index in [-0.39, 0.29) is 47.6 Å². The van der Waals surface area contributed by atoms with Crippen LogP contribution in [0, 0.1) is 30.6 Å². The number of methoxy groups -OCH3 is 2. The highest BCUT2D eigenvalue weighted by molar-refractivity contribution is 7.31. The lowest BCUT2D eigenvalue weighted by molar-refractivity contribution is -0.136. The van der Waals surface area contributed by atoms with Crippen LogP contribution >= 0.6 is 22.7 Å². The number of carbonyl (C=O) groups is 4. The van der Waals surface area contributed by atoms with Gasteiger partial charge in [-0.2, -0.15) is 0 Å². The molecule has 2 saturated heterocycles. The Bertz CT molecular complexity index is 2280. The van der Waals surface area contributed by atoms with Crippen LogP contribution in [0.1, 0.15) is 83.8 Å². The predicted octanol–water partition coefficient (Wildman–Crippen LogP) is 7.78. The van der Waals surface area contributed by atoms with Crippen molar-refractivity contribution >= 4 is 67.1 Å². The van der Waals surface area contributed by atoms with E-state index in [1.54, 1.807) is 22.7 Å². The van der Waals surface area contributed by atoms with E-state index in [9.17, 15) is 19.2 Å². The summed E-state index contributed by atoms with van der Waals surface area (Å²) in [6.07, 6.45) is 0.295. The molecular weight excluding hydrogens is 765 g/mol. The number of hydrogen-bond acceptors (Lipinski definition) is 10. The molecule has 304 valence electrons. The summed E-state index contributed by atoms with van der Waals surface area (Å²) in [7, 11) is 2.59. The van der Waals surface area contributed by atoms with Crippen molar-refractivity contribution < 1.29 is 28.7 Å². The number of aromatic nitrogens is 4. The van der Waals surface area contributed by atoms with E-state index in [1.165, 1.54) is 14.2 Å². The van der Waals surface area contributed by atoms with E-state index in [0.29, 0.717) is 13.1 Å². The Kier molecular flexibility index (Phi) is 11.4. The Morgan fingerprint density at radius 3 is 1.79 bits per heavy atom. The van der Waals surface area contributed by atoms with Crippen molar-refractivity contribution in [1.82, 2.24) is 40.4 Å². The van der Waals surface area contributed by atoms with Crippen molar-refractivity contribution in [3.8, 4) is 21.0 Å². The third-order valence-corrected chi connectivity index (χ3v) is 13.5. The molecule has 5 aromatic rings. The standard InChI is InChI=1S/C41H52N8O6S2/c1-19(2)33(46-40(52)54-8)38(50)48-17-21(5)12-27(48)36-42-23(7)35(45-36)32-16-31-30(57-32)15-29(56-31)24-10-11-25-26(14-24)44-37(43-25)28-13-22(6)18-49(28)39(51)34(20(3)4)47-41(53)55-9/h10-11,14-16,19-22,27-28,33-34H,12-13,17-18H2,1-9H3,(H,42,45)(H,43,44)(H,46,52)(H,47,53)/t21-,22-,27-,28-,33-,34-/m0/s1. The van der Waals surface area contributed by atoms with Crippen LogP contribution in [0.3, 0.4) is 0 Å². The van der Waals surface area contributed by atoms with E-state index < -0.39 is 24.3 Å². The van der Waals surface area contributed by atoms with Crippen molar-refractivity contribution in [2.75, 3.05) is 27.3 Å². The molecule has 0 unspecified atom stereocenters. The fourth-order valence-electron chi connectivity index (χ4n) is 8.17. The first-order valence-corrected chi connectivity index (χ1v) is 21.2. The summed E-state index contributed by atoms with van der Waals surface area (Å²) >= 11 is 3.41. The number of rotatable bonds is 10. The fourth-order valence-corrected chi connectivity index (χ4v) is 10.6. The lowest BCUT2D eigenvalue weighted by Gasteiger charge is -2.30. The van der Waals surface area contributed by atoms with Gasteiger partial charge in [0.2, 0.25) is 11.8 Å². The zero-order valence-electron chi connectivity index (χ0n) is 33.9. The second-order valence-corrected chi connectivity index (χ2v) is 18.5. The number of benzene rings is 1. The Morgan fingerprint density at radius 2 is 1.26 bits per heavy atom. The first kappa shape index (κ1) is 40.2. The van der Waals surface area contributed by atoms with Gasteiger partial charge in [-0.1, -0.05) is 47.6 Å². The number of aryl methyl sites for hydroxylation is 1. The maximum absolute atomic E-state index is 13.8. The Balaban J connectivity index is 1.10. The zero-order valence-corrected chi connectivity index (χ0v) is 35.5. The van der Waals surface area contributed by atoms with Gasteiger partial charge >= 0.3 is 12.2 Å². The molecule has 6 atom stereocenters. The van der Waals surface area contributed by atoms with Gasteiger partial charge in [-0.3, -0.25) is 9.59 Å². The molecule has 0 saturated carbocycles. The van der Waals surface area contributed by atoms with E-state index in [1.807, 2.05) is 50.5 Å². The van der Waals surface area contributed by atoms with E-state index >= 15 is 0 Å². The number of nitrogens with zero attached hydrogens (tertiary/aromatic N) is 4. The second-order valence-electron chi connectivity index (χ2n) is 16.3. The number of thiophene rings is 2. The number of amides is 4. The maximum Gasteiger partial charge on any atom is 0.407 e. The third kappa shape index (κ3) is 7.98. The molecule has 1 aromatic carbocycles. The SMILES string of the molecule is COC(=O)N[C@H](C(=O)N1C[C@@H](C)C[C@H]1c1nc(-c2cc3sc(-c4ccc5nc([C@@H]6C[C@H](C)CN6C(=O)[C@@H](NC(=O)OC)C(C)C)[nH]c5c4)cc3s2)c(C)[nH]1)C(C)C. The molecular formula is C41H52N8O6S2. The normalized spacial score (nSPS) is 20.8. The molecule has 4 aromatic heterocycles.